The van der Waals surface area contributed by atoms with Gasteiger partial charge in [-0.25, -0.2) is 0 Å². The van der Waals surface area contributed by atoms with Crippen molar-refractivity contribution in [2.24, 2.45) is 0 Å². The predicted molar refractivity (Wildman–Crippen MR) is 66.5 cm³/mol. The van der Waals surface area contributed by atoms with E-state index in [2.05, 4.69) is 47.8 Å². The van der Waals surface area contributed by atoms with Crippen LogP contribution in [-0.4, -0.2) is 11.2 Å². The summed E-state index contributed by atoms with van der Waals surface area (Å²) in [7, 11) is 0. The highest BCUT2D eigenvalue weighted by Gasteiger charge is 2.34. The quantitative estimate of drug-likeness (QED) is 0.655. The molecule has 14 heavy (non-hydrogen) atoms. The van der Waals surface area contributed by atoms with E-state index < -0.39 is 0 Å². The molecule has 0 unspecified atom stereocenters. The van der Waals surface area contributed by atoms with Gasteiger partial charge in [-0.2, -0.15) is 0 Å². The molecule has 1 aromatic carbocycles. The first-order valence-corrected chi connectivity index (χ1v) is 7.12. The Morgan fingerprint density at radius 2 is 1.57 bits per heavy atom. The molecular weight excluding hydrogens is 207 g/mol. The molecule has 0 spiro atoms. The molecule has 3 rings (SSSR count). The minimum atomic E-state index is 0.815. The van der Waals surface area contributed by atoms with Crippen molar-refractivity contribution in [3.63, 3.8) is 0 Å². The van der Waals surface area contributed by atoms with E-state index in [-0.39, 0.29) is 0 Å². The van der Waals surface area contributed by atoms with Gasteiger partial charge in [-0.05, 0) is 12.1 Å². The first-order chi connectivity index (χ1) is 6.93. The van der Waals surface area contributed by atoms with Crippen LogP contribution in [0.2, 0.25) is 12.6 Å². The van der Waals surface area contributed by atoms with Crippen LogP contribution in [0.4, 0.5) is 0 Å². The summed E-state index contributed by atoms with van der Waals surface area (Å²) in [4.78, 5) is 3.02. The smallest absolute Gasteiger partial charge is 0.119 e. The van der Waals surface area contributed by atoms with Gasteiger partial charge in [0.05, 0.1) is 0 Å². The van der Waals surface area contributed by atoms with Gasteiger partial charge in [0.15, 0.2) is 6.71 Å². The number of hydrogen-bond donors (Lipinski definition) is 0. The molecule has 72 valence electrons. The van der Waals surface area contributed by atoms with Crippen molar-refractivity contribution in [2.75, 3.05) is 0 Å². The third-order valence-electron chi connectivity index (χ3n) is 3.12. The Morgan fingerprint density at radius 3 is 2.14 bits per heavy atom. The van der Waals surface area contributed by atoms with Gasteiger partial charge in [-0.1, -0.05) is 37.6 Å². The molecule has 1 fully saturated rings. The van der Waals surface area contributed by atoms with Gasteiger partial charge in [0.1, 0.15) is 0 Å². The van der Waals surface area contributed by atoms with E-state index >= 15 is 0 Å². The lowest BCUT2D eigenvalue weighted by atomic mass is 9.50. The molecule has 0 saturated carbocycles. The average molecular weight is 220 g/mol. The zero-order chi connectivity index (χ0) is 9.38. The van der Waals surface area contributed by atoms with Gasteiger partial charge in [-0.15, -0.1) is 23.5 Å². The second-order valence-electron chi connectivity index (χ2n) is 4.10. The maximum atomic E-state index is 2.27. The Morgan fingerprint density at radius 1 is 1.00 bits per heavy atom. The van der Waals surface area contributed by atoms with Crippen molar-refractivity contribution in [3.05, 3.63) is 24.3 Å². The van der Waals surface area contributed by atoms with Gasteiger partial charge < -0.3 is 0 Å². The highest BCUT2D eigenvalue weighted by molar-refractivity contribution is 8.21. The van der Waals surface area contributed by atoms with E-state index in [1.807, 2.05) is 0 Å². The minimum absolute atomic E-state index is 0.815. The van der Waals surface area contributed by atoms with Gasteiger partial charge in [0.2, 0.25) is 0 Å². The van der Waals surface area contributed by atoms with Crippen LogP contribution in [0, 0.1) is 0 Å². The summed E-state index contributed by atoms with van der Waals surface area (Å²) in [5, 5.41) is 0. The molecule has 2 heterocycles. The lowest BCUT2D eigenvalue weighted by Crippen LogP contribution is -2.18. The maximum Gasteiger partial charge on any atom is 0.169 e. The van der Waals surface area contributed by atoms with Gasteiger partial charge >= 0.3 is 0 Å². The second-order valence-corrected chi connectivity index (χ2v) is 6.76. The van der Waals surface area contributed by atoms with Crippen molar-refractivity contribution >= 4 is 30.2 Å². The summed E-state index contributed by atoms with van der Waals surface area (Å²) in [6, 6.07) is 8.84. The molecule has 0 amide bonds. The van der Waals surface area contributed by atoms with Gasteiger partial charge in [-0.3, -0.25) is 0 Å². The molecule has 0 aliphatic carbocycles. The lowest BCUT2D eigenvalue weighted by molar-refractivity contribution is 0.935. The fourth-order valence-electron chi connectivity index (χ4n) is 2.34. The van der Waals surface area contributed by atoms with Crippen molar-refractivity contribution in [2.45, 2.75) is 39.8 Å². The first kappa shape index (κ1) is 9.23. The van der Waals surface area contributed by atoms with E-state index in [9.17, 15) is 0 Å². The number of benzene rings is 1. The summed E-state index contributed by atoms with van der Waals surface area (Å²) in [6.07, 6.45) is 5.83. The van der Waals surface area contributed by atoms with Crippen molar-refractivity contribution in [3.8, 4) is 0 Å². The van der Waals surface area contributed by atoms with Gasteiger partial charge in [0.25, 0.3) is 0 Å². The summed E-state index contributed by atoms with van der Waals surface area (Å²) in [5.74, 6) is 0. The van der Waals surface area contributed by atoms with E-state index in [0.29, 0.717) is 0 Å². The van der Waals surface area contributed by atoms with Crippen LogP contribution in [-0.2, 0) is 0 Å². The summed E-state index contributed by atoms with van der Waals surface area (Å²) in [5.41, 5.74) is 0. The molecule has 0 atom stereocenters. The van der Waals surface area contributed by atoms with Crippen LogP contribution < -0.4 is 0 Å². The Kier molecular flexibility index (Phi) is 2.54. The van der Waals surface area contributed by atoms with Crippen LogP contribution in [0.15, 0.2) is 34.1 Å². The summed E-state index contributed by atoms with van der Waals surface area (Å²) in [6.45, 7) is 0.970. The Labute approximate surface area is 94.3 Å². The molecule has 1 aromatic rings. The summed E-state index contributed by atoms with van der Waals surface area (Å²) >= 11 is 4.19. The van der Waals surface area contributed by atoms with Crippen LogP contribution in [0.1, 0.15) is 12.8 Å². The van der Waals surface area contributed by atoms with Crippen LogP contribution >= 0.6 is 23.5 Å². The maximum absolute atomic E-state index is 2.27. The molecule has 0 radical (unpaired) electrons. The molecule has 3 heteroatoms. The largest absolute Gasteiger partial charge is 0.169 e. The molecular formula is C11H13BS2. The molecule has 1 saturated heterocycles. The van der Waals surface area contributed by atoms with E-state index in [0.717, 1.165) is 11.2 Å². The highest BCUT2D eigenvalue weighted by Crippen LogP contribution is 2.50. The number of hydrogen-bond acceptors (Lipinski definition) is 2. The highest BCUT2D eigenvalue weighted by atomic mass is 32.2. The first-order valence-electron chi connectivity index (χ1n) is 5.36. The Hall–Kier alpha value is -0.0151. The minimum Gasteiger partial charge on any atom is -0.119 e. The van der Waals surface area contributed by atoms with Crippen molar-refractivity contribution < 1.29 is 0 Å². The third kappa shape index (κ3) is 1.61. The predicted octanol–water partition coefficient (Wildman–Crippen LogP) is 4.04. The van der Waals surface area contributed by atoms with Crippen molar-refractivity contribution in [1.29, 1.82) is 0 Å². The number of fused-ring (bicyclic) bond motifs is 1. The van der Waals surface area contributed by atoms with Crippen LogP contribution in [0.5, 0.6) is 0 Å². The molecule has 0 nitrogen and oxygen atoms in total. The van der Waals surface area contributed by atoms with E-state index in [1.54, 1.807) is 0 Å². The molecule has 2 aliphatic heterocycles. The van der Waals surface area contributed by atoms with E-state index in [1.165, 1.54) is 35.3 Å². The Bertz CT molecular complexity index is 309. The zero-order valence-corrected chi connectivity index (χ0v) is 9.74. The molecule has 0 bridgehead atoms. The molecule has 0 aromatic heterocycles. The standard InChI is InChI=1S/C11H13BS2/c1-2-6-10-9(5-1)13-11(14-10)12-7-3-4-8-12/h1-2,5-6,11H,3-4,7-8H2. The Balaban J connectivity index is 1.77. The monoisotopic (exact) mass is 220 g/mol. The SMILES string of the molecule is c1ccc2c(c1)SC(B1CCCC1)S2. The fourth-order valence-corrected chi connectivity index (χ4v) is 5.56. The van der Waals surface area contributed by atoms with Crippen molar-refractivity contribution in [1.82, 2.24) is 0 Å². The van der Waals surface area contributed by atoms with Crippen LogP contribution in [0.25, 0.3) is 0 Å². The molecule has 0 N–H and O–H groups in total. The number of thioether (sulfide) groups is 2. The third-order valence-corrected chi connectivity index (χ3v) is 6.28. The van der Waals surface area contributed by atoms with Crippen LogP contribution in [0.3, 0.4) is 0 Å². The lowest BCUT2D eigenvalue weighted by Gasteiger charge is -2.11. The average Bonchev–Trinajstić information content (AvgIpc) is 2.86. The van der Waals surface area contributed by atoms with Gasteiger partial charge in [0, 0.05) is 14.3 Å². The second kappa shape index (κ2) is 3.86. The molecule has 2 aliphatic rings. The number of rotatable bonds is 1. The fraction of sp³-hybridized carbons (Fsp3) is 0.455. The van der Waals surface area contributed by atoms with E-state index in [4.69, 9.17) is 0 Å². The topological polar surface area (TPSA) is 0 Å². The zero-order valence-electron chi connectivity index (χ0n) is 8.11. The normalized spacial score (nSPS) is 21.6. The summed E-state index contributed by atoms with van der Waals surface area (Å²) < 4.78 is 0.815.